The molecule has 0 amide bonds. The molecule has 1 aliphatic carbocycles. The number of nitrogens with two attached hydrogens (primary N) is 1. The fraction of sp³-hybridized carbons (Fsp3) is 1.00. The number of piperidine rings is 1. The number of rotatable bonds is 2. The molecule has 2 rings (SSSR count). The summed E-state index contributed by atoms with van der Waals surface area (Å²) in [5, 5.41) is 0. The monoisotopic (exact) mass is 168 g/mol. The standard InChI is InChI=1S/C10H20N2/c1-8-5-9(8)6-12-4-2-3-10(11)7-12/h8-10H,2-7,11H2,1H3. The van der Waals surface area contributed by atoms with Crippen molar-refractivity contribution in [2.24, 2.45) is 17.6 Å². The summed E-state index contributed by atoms with van der Waals surface area (Å²) in [6.45, 7) is 6.10. The summed E-state index contributed by atoms with van der Waals surface area (Å²) in [5.41, 5.74) is 5.91. The summed E-state index contributed by atoms with van der Waals surface area (Å²) in [5.74, 6) is 1.98. The predicted molar refractivity (Wildman–Crippen MR) is 50.9 cm³/mol. The van der Waals surface area contributed by atoms with Crippen molar-refractivity contribution in [2.75, 3.05) is 19.6 Å². The second kappa shape index (κ2) is 3.35. The molecule has 1 aliphatic heterocycles. The van der Waals surface area contributed by atoms with Gasteiger partial charge >= 0.3 is 0 Å². The molecule has 2 fully saturated rings. The van der Waals surface area contributed by atoms with Crippen LogP contribution >= 0.6 is 0 Å². The third kappa shape index (κ3) is 1.99. The van der Waals surface area contributed by atoms with Crippen molar-refractivity contribution in [1.82, 2.24) is 4.90 Å². The van der Waals surface area contributed by atoms with E-state index in [-0.39, 0.29) is 0 Å². The summed E-state index contributed by atoms with van der Waals surface area (Å²) in [6.07, 6.45) is 3.99. The third-order valence-electron chi connectivity index (χ3n) is 3.31. The van der Waals surface area contributed by atoms with Gasteiger partial charge in [-0.3, -0.25) is 0 Å². The Bertz CT molecular complexity index is 158. The average molecular weight is 168 g/mol. The Morgan fingerprint density at radius 1 is 1.50 bits per heavy atom. The van der Waals surface area contributed by atoms with Crippen LogP contribution in [-0.4, -0.2) is 30.6 Å². The van der Waals surface area contributed by atoms with Crippen LogP contribution in [0.2, 0.25) is 0 Å². The highest BCUT2D eigenvalue weighted by Crippen LogP contribution is 2.38. The first-order valence-electron chi connectivity index (χ1n) is 5.23. The number of hydrogen-bond donors (Lipinski definition) is 1. The highest BCUT2D eigenvalue weighted by atomic mass is 15.1. The fourth-order valence-electron chi connectivity index (χ4n) is 2.24. The van der Waals surface area contributed by atoms with E-state index in [1.165, 1.54) is 32.4 Å². The van der Waals surface area contributed by atoms with Gasteiger partial charge in [-0.15, -0.1) is 0 Å². The maximum Gasteiger partial charge on any atom is 0.0168 e. The van der Waals surface area contributed by atoms with Gasteiger partial charge in [0.1, 0.15) is 0 Å². The molecule has 1 heterocycles. The Kier molecular flexibility index (Phi) is 2.37. The van der Waals surface area contributed by atoms with Crippen LogP contribution in [0.15, 0.2) is 0 Å². The van der Waals surface area contributed by atoms with Crippen molar-refractivity contribution in [3.63, 3.8) is 0 Å². The van der Waals surface area contributed by atoms with Gasteiger partial charge in [-0.1, -0.05) is 6.92 Å². The van der Waals surface area contributed by atoms with Crippen LogP contribution < -0.4 is 5.73 Å². The Morgan fingerprint density at radius 3 is 2.83 bits per heavy atom. The highest BCUT2D eigenvalue weighted by molar-refractivity contribution is 4.87. The summed E-state index contributed by atoms with van der Waals surface area (Å²) in [6, 6.07) is 0.452. The van der Waals surface area contributed by atoms with Crippen molar-refractivity contribution in [3.05, 3.63) is 0 Å². The molecule has 0 aromatic rings. The van der Waals surface area contributed by atoms with Crippen LogP contribution in [-0.2, 0) is 0 Å². The molecule has 3 unspecified atom stereocenters. The first kappa shape index (κ1) is 8.52. The van der Waals surface area contributed by atoms with Gasteiger partial charge in [0.15, 0.2) is 0 Å². The van der Waals surface area contributed by atoms with Gasteiger partial charge in [0, 0.05) is 19.1 Å². The van der Waals surface area contributed by atoms with Crippen LogP contribution in [0.5, 0.6) is 0 Å². The van der Waals surface area contributed by atoms with E-state index in [1.54, 1.807) is 0 Å². The van der Waals surface area contributed by atoms with Gasteiger partial charge in [-0.25, -0.2) is 0 Å². The maximum atomic E-state index is 5.91. The van der Waals surface area contributed by atoms with Gasteiger partial charge in [0.25, 0.3) is 0 Å². The lowest BCUT2D eigenvalue weighted by Gasteiger charge is -2.30. The lowest BCUT2D eigenvalue weighted by molar-refractivity contribution is 0.199. The molecular formula is C10H20N2. The van der Waals surface area contributed by atoms with E-state index in [0.717, 1.165) is 18.4 Å². The predicted octanol–water partition coefficient (Wildman–Crippen LogP) is 1.07. The molecule has 2 N–H and O–H groups in total. The van der Waals surface area contributed by atoms with Gasteiger partial charge in [0.2, 0.25) is 0 Å². The van der Waals surface area contributed by atoms with E-state index in [1.807, 2.05) is 0 Å². The minimum absolute atomic E-state index is 0.452. The SMILES string of the molecule is CC1CC1CN1CCCC(N)C1. The molecule has 0 spiro atoms. The minimum Gasteiger partial charge on any atom is -0.327 e. The summed E-state index contributed by atoms with van der Waals surface area (Å²) in [7, 11) is 0. The van der Waals surface area contributed by atoms with Gasteiger partial charge < -0.3 is 10.6 Å². The summed E-state index contributed by atoms with van der Waals surface area (Å²) in [4.78, 5) is 2.56. The molecule has 12 heavy (non-hydrogen) atoms. The number of likely N-dealkylation sites (tertiary alicyclic amines) is 1. The van der Waals surface area contributed by atoms with Crippen molar-refractivity contribution >= 4 is 0 Å². The number of nitrogens with zero attached hydrogens (tertiary/aromatic N) is 1. The summed E-state index contributed by atoms with van der Waals surface area (Å²) >= 11 is 0. The molecule has 0 aromatic carbocycles. The molecule has 3 atom stereocenters. The van der Waals surface area contributed by atoms with Gasteiger partial charge in [-0.05, 0) is 37.6 Å². The molecule has 1 saturated carbocycles. The van der Waals surface area contributed by atoms with Crippen LogP contribution in [0.4, 0.5) is 0 Å². The Hall–Kier alpha value is -0.0800. The van der Waals surface area contributed by atoms with E-state index in [4.69, 9.17) is 5.73 Å². The molecule has 0 aromatic heterocycles. The van der Waals surface area contributed by atoms with Gasteiger partial charge in [-0.2, -0.15) is 0 Å². The average Bonchev–Trinajstić information content (AvgIpc) is 2.66. The zero-order chi connectivity index (χ0) is 8.55. The third-order valence-corrected chi connectivity index (χ3v) is 3.31. The van der Waals surface area contributed by atoms with Crippen LogP contribution in [0.25, 0.3) is 0 Å². The van der Waals surface area contributed by atoms with Crippen molar-refractivity contribution in [2.45, 2.75) is 32.2 Å². The second-order valence-corrected chi connectivity index (χ2v) is 4.63. The Balaban J connectivity index is 1.72. The maximum absolute atomic E-state index is 5.91. The van der Waals surface area contributed by atoms with Crippen molar-refractivity contribution < 1.29 is 0 Å². The molecule has 2 aliphatic rings. The molecule has 0 radical (unpaired) electrons. The highest BCUT2D eigenvalue weighted by Gasteiger charge is 2.34. The molecule has 2 nitrogen and oxygen atoms in total. The molecule has 2 heteroatoms. The van der Waals surface area contributed by atoms with Crippen LogP contribution in [0.1, 0.15) is 26.2 Å². The van der Waals surface area contributed by atoms with Crippen LogP contribution in [0.3, 0.4) is 0 Å². The molecular weight excluding hydrogens is 148 g/mol. The second-order valence-electron chi connectivity index (χ2n) is 4.63. The van der Waals surface area contributed by atoms with E-state index >= 15 is 0 Å². The first-order valence-corrected chi connectivity index (χ1v) is 5.23. The molecule has 1 saturated heterocycles. The smallest absolute Gasteiger partial charge is 0.0168 e. The van der Waals surface area contributed by atoms with Crippen molar-refractivity contribution in [3.8, 4) is 0 Å². The van der Waals surface area contributed by atoms with Crippen LogP contribution in [0, 0.1) is 11.8 Å². The van der Waals surface area contributed by atoms with Crippen molar-refractivity contribution in [1.29, 1.82) is 0 Å². The Morgan fingerprint density at radius 2 is 2.25 bits per heavy atom. The molecule has 70 valence electrons. The number of hydrogen-bond acceptors (Lipinski definition) is 2. The topological polar surface area (TPSA) is 29.3 Å². The zero-order valence-corrected chi connectivity index (χ0v) is 8.00. The normalized spacial score (nSPS) is 43.0. The fourth-order valence-corrected chi connectivity index (χ4v) is 2.24. The minimum atomic E-state index is 0.452. The van der Waals surface area contributed by atoms with Gasteiger partial charge in [0.05, 0.1) is 0 Å². The zero-order valence-electron chi connectivity index (χ0n) is 8.00. The lowest BCUT2D eigenvalue weighted by atomic mass is 10.1. The largest absolute Gasteiger partial charge is 0.327 e. The Labute approximate surface area is 75.1 Å². The van der Waals surface area contributed by atoms with E-state index < -0.39 is 0 Å². The van der Waals surface area contributed by atoms with E-state index in [2.05, 4.69) is 11.8 Å². The van der Waals surface area contributed by atoms with E-state index in [0.29, 0.717) is 6.04 Å². The molecule has 0 bridgehead atoms. The first-order chi connectivity index (χ1) is 5.75. The lowest BCUT2D eigenvalue weighted by Crippen LogP contribution is -2.43. The van der Waals surface area contributed by atoms with E-state index in [9.17, 15) is 0 Å². The summed E-state index contributed by atoms with van der Waals surface area (Å²) < 4.78 is 0. The quantitative estimate of drug-likeness (QED) is 0.668.